The minimum Gasteiger partial charge on any atom is -0.344 e. The lowest BCUT2D eigenvalue weighted by Gasteiger charge is -2.25. The van der Waals surface area contributed by atoms with Gasteiger partial charge in [0, 0.05) is 18.4 Å². The summed E-state index contributed by atoms with van der Waals surface area (Å²) in [5, 5.41) is 0. The highest BCUT2D eigenvalue weighted by atomic mass is 15.1. The third kappa shape index (κ3) is 2.35. The van der Waals surface area contributed by atoms with Crippen LogP contribution in [0.2, 0.25) is 0 Å². The summed E-state index contributed by atoms with van der Waals surface area (Å²) in [5.74, 6) is 0. The molecule has 0 aromatic rings. The minimum absolute atomic E-state index is 1.01. The quantitative estimate of drug-likeness (QED) is 0.546. The molecule has 1 nitrogen and oxygen atoms in total. The first-order valence-corrected chi connectivity index (χ1v) is 4.86. The van der Waals surface area contributed by atoms with Gasteiger partial charge in [-0.1, -0.05) is 32.1 Å². The molecule has 1 heteroatoms. The van der Waals surface area contributed by atoms with Crippen LogP contribution in [0.1, 0.15) is 20.8 Å². The largest absolute Gasteiger partial charge is 0.344 e. The number of hydrogen-bond donors (Lipinski definition) is 0. The fraction of sp³-hybridized carbons (Fsp3) is 0.333. The first-order chi connectivity index (χ1) is 6.36. The Morgan fingerprint density at radius 3 is 2.77 bits per heavy atom. The fourth-order valence-electron chi connectivity index (χ4n) is 1.33. The molecule has 0 atom stereocenters. The highest BCUT2D eigenvalue weighted by Crippen LogP contribution is 2.18. The van der Waals surface area contributed by atoms with E-state index in [1.54, 1.807) is 0 Å². The van der Waals surface area contributed by atoms with Crippen LogP contribution in [-0.4, -0.2) is 11.4 Å². The van der Waals surface area contributed by atoms with Crippen molar-refractivity contribution in [3.05, 3.63) is 47.9 Å². The molecule has 0 amide bonds. The second kappa shape index (κ2) is 4.70. The van der Waals surface area contributed by atoms with Gasteiger partial charge in [0.15, 0.2) is 0 Å². The van der Waals surface area contributed by atoms with E-state index in [4.69, 9.17) is 0 Å². The van der Waals surface area contributed by atoms with Gasteiger partial charge in [0.2, 0.25) is 0 Å². The van der Waals surface area contributed by atoms with Crippen molar-refractivity contribution in [1.82, 2.24) is 4.90 Å². The predicted octanol–water partition coefficient (Wildman–Crippen LogP) is 3.24. The van der Waals surface area contributed by atoms with Gasteiger partial charge in [0.1, 0.15) is 0 Å². The lowest BCUT2D eigenvalue weighted by molar-refractivity contribution is 0.519. The van der Waals surface area contributed by atoms with Gasteiger partial charge < -0.3 is 4.90 Å². The van der Waals surface area contributed by atoms with Gasteiger partial charge in [-0.3, -0.25) is 0 Å². The Bertz CT molecular complexity index is 279. The van der Waals surface area contributed by atoms with Gasteiger partial charge >= 0.3 is 0 Å². The first kappa shape index (κ1) is 9.85. The molecule has 2 aliphatic rings. The van der Waals surface area contributed by atoms with E-state index in [9.17, 15) is 0 Å². The second-order valence-corrected chi connectivity index (χ2v) is 2.88. The number of rotatable bonds is 0. The van der Waals surface area contributed by atoms with Crippen molar-refractivity contribution in [2.45, 2.75) is 20.8 Å². The van der Waals surface area contributed by atoms with Crippen molar-refractivity contribution in [3.8, 4) is 0 Å². The standard InChI is InChI=1S/C10H11N.C2H6/c1-9-5-6-10-4-2-3-7-11(10)8-9;1-2/h2-6,8H,7H2,1H3;1-2H3. The Kier molecular flexibility index (Phi) is 3.56. The average Bonchev–Trinajstić information content (AvgIpc) is 2.21. The number of allylic oxidation sites excluding steroid dienone is 5. The van der Waals surface area contributed by atoms with Crippen molar-refractivity contribution in [1.29, 1.82) is 0 Å². The monoisotopic (exact) mass is 175 g/mol. The Morgan fingerprint density at radius 1 is 1.23 bits per heavy atom. The molecule has 0 bridgehead atoms. The van der Waals surface area contributed by atoms with Gasteiger partial charge in [0.05, 0.1) is 0 Å². The third-order valence-corrected chi connectivity index (χ3v) is 1.91. The molecule has 70 valence electrons. The molecule has 2 rings (SSSR count). The van der Waals surface area contributed by atoms with Gasteiger partial charge in [-0.25, -0.2) is 0 Å². The van der Waals surface area contributed by atoms with Crippen LogP contribution in [0.4, 0.5) is 0 Å². The van der Waals surface area contributed by atoms with Crippen LogP contribution >= 0.6 is 0 Å². The van der Waals surface area contributed by atoms with Crippen molar-refractivity contribution in [2.75, 3.05) is 6.54 Å². The highest BCUT2D eigenvalue weighted by molar-refractivity contribution is 5.37. The molecule has 0 radical (unpaired) electrons. The molecule has 13 heavy (non-hydrogen) atoms. The molecular weight excluding hydrogens is 158 g/mol. The Labute approximate surface area is 80.7 Å². The summed E-state index contributed by atoms with van der Waals surface area (Å²) < 4.78 is 0. The van der Waals surface area contributed by atoms with Gasteiger partial charge in [-0.15, -0.1) is 0 Å². The zero-order valence-electron chi connectivity index (χ0n) is 8.62. The Morgan fingerprint density at radius 2 is 2.00 bits per heavy atom. The number of nitrogens with zero attached hydrogens (tertiary/aromatic N) is 1. The van der Waals surface area contributed by atoms with E-state index >= 15 is 0 Å². The summed E-state index contributed by atoms with van der Waals surface area (Å²) in [6, 6.07) is 0. The molecule has 2 aliphatic heterocycles. The molecular formula is C12H17N. The van der Waals surface area contributed by atoms with Crippen LogP contribution in [0.25, 0.3) is 0 Å². The van der Waals surface area contributed by atoms with Gasteiger partial charge in [-0.05, 0) is 24.6 Å². The summed E-state index contributed by atoms with van der Waals surface area (Å²) in [5.41, 5.74) is 2.61. The molecule has 0 aliphatic carbocycles. The van der Waals surface area contributed by atoms with Crippen molar-refractivity contribution >= 4 is 0 Å². The predicted molar refractivity (Wildman–Crippen MR) is 58.2 cm³/mol. The van der Waals surface area contributed by atoms with Crippen LogP contribution in [0.5, 0.6) is 0 Å². The molecule has 0 saturated carbocycles. The van der Waals surface area contributed by atoms with Gasteiger partial charge in [-0.2, -0.15) is 0 Å². The zero-order valence-corrected chi connectivity index (χ0v) is 8.62. The van der Waals surface area contributed by atoms with E-state index in [0.29, 0.717) is 0 Å². The lowest BCUT2D eigenvalue weighted by atomic mass is 10.1. The van der Waals surface area contributed by atoms with E-state index < -0.39 is 0 Å². The van der Waals surface area contributed by atoms with Crippen LogP contribution in [0.3, 0.4) is 0 Å². The first-order valence-electron chi connectivity index (χ1n) is 4.86. The van der Waals surface area contributed by atoms with E-state index in [-0.39, 0.29) is 0 Å². The van der Waals surface area contributed by atoms with Crippen LogP contribution in [-0.2, 0) is 0 Å². The minimum atomic E-state index is 1.01. The van der Waals surface area contributed by atoms with Crippen molar-refractivity contribution in [2.24, 2.45) is 0 Å². The van der Waals surface area contributed by atoms with E-state index in [2.05, 4.69) is 48.4 Å². The molecule has 0 unspecified atom stereocenters. The van der Waals surface area contributed by atoms with Gasteiger partial charge in [0.25, 0.3) is 0 Å². The summed E-state index contributed by atoms with van der Waals surface area (Å²) in [6.45, 7) is 7.12. The maximum absolute atomic E-state index is 2.25. The fourth-order valence-corrected chi connectivity index (χ4v) is 1.33. The van der Waals surface area contributed by atoms with Crippen LogP contribution < -0.4 is 0 Å². The topological polar surface area (TPSA) is 3.24 Å². The van der Waals surface area contributed by atoms with E-state index in [1.165, 1.54) is 11.3 Å². The normalized spacial score (nSPS) is 18.2. The maximum atomic E-state index is 2.25. The van der Waals surface area contributed by atoms with E-state index in [0.717, 1.165) is 6.54 Å². The lowest BCUT2D eigenvalue weighted by Crippen LogP contribution is -2.19. The Balaban J connectivity index is 0.000000396. The molecule has 0 aromatic heterocycles. The molecule has 0 aromatic carbocycles. The van der Waals surface area contributed by atoms with Crippen LogP contribution in [0.15, 0.2) is 47.9 Å². The molecule has 0 N–H and O–H groups in total. The smallest absolute Gasteiger partial charge is 0.0409 e. The third-order valence-electron chi connectivity index (χ3n) is 1.91. The van der Waals surface area contributed by atoms with E-state index in [1.807, 2.05) is 13.8 Å². The van der Waals surface area contributed by atoms with Crippen LogP contribution in [0, 0.1) is 0 Å². The maximum Gasteiger partial charge on any atom is 0.0409 e. The average molecular weight is 175 g/mol. The highest BCUT2D eigenvalue weighted by Gasteiger charge is 2.07. The Hall–Kier alpha value is -1.24. The van der Waals surface area contributed by atoms with Crippen molar-refractivity contribution in [3.63, 3.8) is 0 Å². The SMILES string of the molecule is CC.CC1=CN2CC=CC=C2C=C1. The zero-order chi connectivity index (χ0) is 9.68. The second-order valence-electron chi connectivity index (χ2n) is 2.88. The summed E-state index contributed by atoms with van der Waals surface area (Å²) in [4.78, 5) is 2.25. The molecule has 0 spiro atoms. The summed E-state index contributed by atoms with van der Waals surface area (Å²) in [6.07, 6.45) is 12.9. The number of fused-ring (bicyclic) bond motifs is 1. The number of hydrogen-bond acceptors (Lipinski definition) is 1. The van der Waals surface area contributed by atoms with Crippen molar-refractivity contribution < 1.29 is 0 Å². The molecule has 0 fully saturated rings. The summed E-state index contributed by atoms with van der Waals surface area (Å²) >= 11 is 0. The molecule has 0 saturated heterocycles. The molecule has 2 heterocycles. The summed E-state index contributed by atoms with van der Waals surface area (Å²) in [7, 11) is 0.